The summed E-state index contributed by atoms with van der Waals surface area (Å²) in [4.78, 5) is 7.26. The van der Waals surface area contributed by atoms with E-state index < -0.39 is 48.1 Å². The van der Waals surface area contributed by atoms with Gasteiger partial charge in [-0.1, -0.05) is 11.6 Å². The lowest BCUT2D eigenvalue weighted by Gasteiger charge is -2.43. The van der Waals surface area contributed by atoms with E-state index in [-0.39, 0.29) is 50.4 Å². The summed E-state index contributed by atoms with van der Waals surface area (Å²) in [5.74, 6) is -2.10. The molecule has 9 nitrogen and oxygen atoms in total. The number of hydrogen-bond donors (Lipinski definition) is 0. The van der Waals surface area contributed by atoms with Crippen molar-refractivity contribution in [2.75, 3.05) is 29.4 Å². The van der Waals surface area contributed by atoms with Crippen LogP contribution in [0.1, 0.15) is 26.7 Å². The highest BCUT2D eigenvalue weighted by molar-refractivity contribution is 7.92. The van der Waals surface area contributed by atoms with Crippen LogP contribution in [-0.2, 0) is 19.9 Å². The summed E-state index contributed by atoms with van der Waals surface area (Å²) >= 11 is 6.48. The number of sulfone groups is 1. The molecule has 1 aliphatic carbocycles. The molecule has 1 aliphatic heterocycles. The average Bonchev–Trinajstić information content (AvgIpc) is 3.57. The van der Waals surface area contributed by atoms with Crippen molar-refractivity contribution >= 4 is 54.0 Å². The third kappa shape index (κ3) is 4.60. The quantitative estimate of drug-likeness (QED) is 0.297. The molecule has 4 aromatic rings. The summed E-state index contributed by atoms with van der Waals surface area (Å²) in [6.07, 6.45) is 2.31. The van der Waals surface area contributed by atoms with Crippen LogP contribution in [0.4, 0.5) is 24.8 Å². The number of halogens is 4. The molecule has 0 N–H and O–H groups in total. The number of aromatic nitrogens is 3. The van der Waals surface area contributed by atoms with Gasteiger partial charge in [0.25, 0.3) is 10.0 Å². The van der Waals surface area contributed by atoms with E-state index in [9.17, 15) is 30.0 Å². The molecule has 2 aromatic carbocycles. The van der Waals surface area contributed by atoms with Crippen molar-refractivity contribution in [1.29, 1.82) is 0 Å². The summed E-state index contributed by atoms with van der Waals surface area (Å²) in [7, 11) is -8.06. The van der Waals surface area contributed by atoms with Crippen LogP contribution in [0.5, 0.6) is 0 Å². The fraction of sp³-hybridized carbons (Fsp3) is 0.333. The number of anilines is 2. The van der Waals surface area contributed by atoms with E-state index in [0.717, 1.165) is 24.4 Å². The fourth-order valence-electron chi connectivity index (χ4n) is 5.37. The molecule has 2 aliphatic rings. The number of piperazine rings is 1. The molecule has 1 saturated carbocycles. The van der Waals surface area contributed by atoms with Gasteiger partial charge in [0.1, 0.15) is 11.6 Å². The lowest BCUT2D eigenvalue weighted by Crippen LogP contribution is -2.56. The van der Waals surface area contributed by atoms with Gasteiger partial charge < -0.3 is 9.80 Å². The maximum Gasteiger partial charge on any atom is 0.283 e. The maximum atomic E-state index is 14.6. The van der Waals surface area contributed by atoms with Gasteiger partial charge in [0.15, 0.2) is 27.3 Å². The Morgan fingerprint density at radius 3 is 2.19 bits per heavy atom. The third-order valence-corrected chi connectivity index (χ3v) is 11.8. The first-order valence-corrected chi connectivity index (χ1v) is 16.4. The Labute approximate surface area is 245 Å². The van der Waals surface area contributed by atoms with Gasteiger partial charge in [0.05, 0.1) is 42.7 Å². The summed E-state index contributed by atoms with van der Waals surface area (Å²) in [5, 5.41) is 3.94. The smallest absolute Gasteiger partial charge is 0.283 e. The van der Waals surface area contributed by atoms with Gasteiger partial charge in [-0.3, -0.25) is 0 Å². The van der Waals surface area contributed by atoms with E-state index >= 15 is 0 Å². The molecule has 42 heavy (non-hydrogen) atoms. The molecule has 1 saturated heterocycles. The van der Waals surface area contributed by atoms with Crippen molar-refractivity contribution in [3.8, 4) is 0 Å². The van der Waals surface area contributed by atoms with Crippen LogP contribution < -0.4 is 9.80 Å². The van der Waals surface area contributed by atoms with E-state index in [1.807, 2.05) is 4.90 Å². The van der Waals surface area contributed by atoms with Crippen molar-refractivity contribution in [1.82, 2.24) is 14.2 Å². The van der Waals surface area contributed by atoms with Crippen molar-refractivity contribution < 1.29 is 30.0 Å². The minimum atomic E-state index is -4.43. The van der Waals surface area contributed by atoms with Crippen molar-refractivity contribution in [2.24, 2.45) is 0 Å². The molecular weight excluding hydrogens is 615 g/mol. The fourth-order valence-corrected chi connectivity index (χ4v) is 7.98. The Kier molecular flexibility index (Phi) is 6.74. The van der Waals surface area contributed by atoms with E-state index in [1.54, 1.807) is 4.90 Å². The van der Waals surface area contributed by atoms with Crippen LogP contribution >= 0.6 is 11.6 Å². The van der Waals surface area contributed by atoms with E-state index in [2.05, 4.69) is 10.1 Å². The summed E-state index contributed by atoms with van der Waals surface area (Å²) in [6.45, 7) is 3.90. The minimum absolute atomic E-state index is 0.0170. The first-order chi connectivity index (χ1) is 19.7. The highest BCUT2D eigenvalue weighted by atomic mass is 35.5. The number of pyridine rings is 1. The van der Waals surface area contributed by atoms with E-state index in [1.165, 1.54) is 38.1 Å². The van der Waals surface area contributed by atoms with Gasteiger partial charge in [-0.2, -0.15) is 12.5 Å². The molecule has 0 bridgehead atoms. The minimum Gasteiger partial charge on any atom is -0.350 e. The van der Waals surface area contributed by atoms with Gasteiger partial charge in [-0.25, -0.2) is 26.6 Å². The average molecular weight is 640 g/mol. The molecule has 0 atom stereocenters. The molecule has 0 radical (unpaired) electrons. The summed E-state index contributed by atoms with van der Waals surface area (Å²) in [5.41, 5.74) is -0.639. The van der Waals surface area contributed by atoms with Crippen LogP contribution in [0.25, 0.3) is 10.9 Å². The highest BCUT2D eigenvalue weighted by Gasteiger charge is 2.53. The van der Waals surface area contributed by atoms with Gasteiger partial charge in [-0.05, 0) is 57.0 Å². The van der Waals surface area contributed by atoms with Gasteiger partial charge in [0.2, 0.25) is 0 Å². The van der Waals surface area contributed by atoms with Gasteiger partial charge in [0, 0.05) is 31.8 Å². The topological polar surface area (TPSA) is 105 Å². The molecule has 15 heteroatoms. The lowest BCUT2D eigenvalue weighted by atomic mass is 10.1. The Morgan fingerprint density at radius 1 is 0.905 bits per heavy atom. The third-order valence-electron chi connectivity index (χ3n) is 7.77. The second-order valence-corrected chi connectivity index (χ2v) is 15.5. The number of rotatable bonds is 6. The Balaban J connectivity index is 1.42. The van der Waals surface area contributed by atoms with Gasteiger partial charge in [-0.15, -0.1) is 5.10 Å². The molecule has 222 valence electrons. The second-order valence-electron chi connectivity index (χ2n) is 10.8. The standard InChI is InChI=1S/C27H25ClF3N5O4S2/c1-16(2)41(37,38)19-3-5-20(6-4-19)42(39,40)36-23-13-17(29)11-21(28)24(23)26(33-36)35-10-9-34(15-27(35)7-8-27)25-22(31)12-18(30)14-32-25/h3-6,11-14,16H,7-10,15H2,1-2H3. The summed E-state index contributed by atoms with van der Waals surface area (Å²) in [6, 6.07) is 7.64. The second kappa shape index (κ2) is 9.85. The molecule has 3 heterocycles. The Morgan fingerprint density at radius 2 is 1.57 bits per heavy atom. The van der Waals surface area contributed by atoms with Crippen LogP contribution in [0.15, 0.2) is 58.5 Å². The lowest BCUT2D eigenvalue weighted by molar-refractivity contribution is 0.489. The summed E-state index contributed by atoms with van der Waals surface area (Å²) < 4.78 is 96.0. The van der Waals surface area contributed by atoms with Crippen molar-refractivity contribution in [3.63, 3.8) is 0 Å². The van der Waals surface area contributed by atoms with E-state index in [0.29, 0.717) is 23.5 Å². The Bertz CT molecular complexity index is 1950. The first-order valence-electron chi connectivity index (χ1n) is 13.1. The molecule has 0 unspecified atom stereocenters. The molecule has 0 amide bonds. The van der Waals surface area contributed by atoms with Crippen LogP contribution in [0.3, 0.4) is 0 Å². The van der Waals surface area contributed by atoms with Gasteiger partial charge >= 0.3 is 0 Å². The predicted molar refractivity (Wildman–Crippen MR) is 152 cm³/mol. The van der Waals surface area contributed by atoms with E-state index in [4.69, 9.17) is 11.6 Å². The van der Waals surface area contributed by atoms with Crippen LogP contribution in [0, 0.1) is 17.5 Å². The van der Waals surface area contributed by atoms with Crippen LogP contribution in [-0.4, -0.2) is 61.4 Å². The zero-order valence-electron chi connectivity index (χ0n) is 22.4. The maximum absolute atomic E-state index is 14.6. The number of fused-ring (bicyclic) bond motifs is 1. The molecule has 6 rings (SSSR count). The SMILES string of the molecule is CC(C)S(=O)(=O)c1ccc(S(=O)(=O)n2nc(N3CCN(c4ncc(F)cc4F)CC34CC4)c3c(Cl)cc(F)cc32)cc1. The monoisotopic (exact) mass is 639 g/mol. The number of nitrogens with zero attached hydrogens (tertiary/aromatic N) is 5. The van der Waals surface area contributed by atoms with Crippen molar-refractivity contribution in [2.45, 2.75) is 47.3 Å². The zero-order valence-corrected chi connectivity index (χ0v) is 24.8. The van der Waals surface area contributed by atoms with Crippen molar-refractivity contribution in [3.05, 3.63) is 71.1 Å². The highest BCUT2D eigenvalue weighted by Crippen LogP contribution is 2.49. The largest absolute Gasteiger partial charge is 0.350 e. The molecule has 2 aromatic heterocycles. The number of hydrogen-bond acceptors (Lipinski definition) is 8. The predicted octanol–water partition coefficient (Wildman–Crippen LogP) is 4.78. The first kappa shape index (κ1) is 28.7. The molecule has 1 spiro atoms. The number of benzene rings is 2. The molecule has 2 fully saturated rings. The van der Waals surface area contributed by atoms with Crippen LogP contribution in [0.2, 0.25) is 5.02 Å². The Hall–Kier alpha value is -3.36. The molecular formula is C27H25ClF3N5O4S2. The zero-order chi connectivity index (χ0) is 30.2. The normalized spacial score (nSPS) is 17.0.